The summed E-state index contributed by atoms with van der Waals surface area (Å²) in [4.78, 5) is 17.0. The highest BCUT2D eigenvalue weighted by atomic mass is 32.1. The molecule has 3 aromatic rings. The van der Waals surface area contributed by atoms with Crippen molar-refractivity contribution >= 4 is 22.2 Å². The minimum absolute atomic E-state index is 0.00361. The smallest absolute Gasteiger partial charge is 0.256 e. The Morgan fingerprint density at radius 2 is 1.79 bits per heavy atom. The first kappa shape index (κ1) is 23.6. The summed E-state index contributed by atoms with van der Waals surface area (Å²) in [5.41, 5.74) is 2.77. The van der Waals surface area contributed by atoms with Crippen LogP contribution >= 0.6 is 11.3 Å². The van der Waals surface area contributed by atoms with Crippen LogP contribution in [0.1, 0.15) is 39.3 Å². The molecule has 0 spiro atoms. The first-order valence-corrected chi connectivity index (χ1v) is 12.4. The number of benzene rings is 2. The lowest BCUT2D eigenvalue weighted by molar-refractivity contribution is -1.02. The van der Waals surface area contributed by atoms with E-state index in [2.05, 4.69) is 18.3 Å². The highest BCUT2D eigenvalue weighted by Gasteiger charge is 2.34. The average Bonchev–Trinajstić information content (AvgIpc) is 3.24. The Hall–Kier alpha value is -2.58. The standard InChI is InChI=1S/C26H30FN3O2S/c1-2-22-18-23(26(33-22)28-25(32)20-6-4-3-5-7-20)24(19-8-10-21(27)11-9-19)30-14-12-29(13-15-30)16-17-31/h3-11,18,24,31H,2,12-17H2,1H3,(H,28,32)/p+2. The monoisotopic (exact) mass is 469 g/mol. The molecule has 7 heteroatoms. The molecule has 1 aliphatic heterocycles. The van der Waals surface area contributed by atoms with Gasteiger partial charge in [-0.15, -0.1) is 11.3 Å². The molecule has 1 amide bonds. The van der Waals surface area contributed by atoms with Gasteiger partial charge in [-0.05, 0) is 48.9 Å². The summed E-state index contributed by atoms with van der Waals surface area (Å²) in [6, 6.07) is 18.2. The number of aliphatic hydroxyl groups is 1. The van der Waals surface area contributed by atoms with Crippen LogP contribution in [0.3, 0.4) is 0 Å². The third-order valence-electron chi connectivity index (χ3n) is 6.41. The summed E-state index contributed by atoms with van der Waals surface area (Å²) < 4.78 is 13.7. The van der Waals surface area contributed by atoms with E-state index in [0.717, 1.165) is 55.3 Å². The van der Waals surface area contributed by atoms with Gasteiger partial charge in [0.15, 0.2) is 0 Å². The van der Waals surface area contributed by atoms with Crippen LogP contribution in [0.2, 0.25) is 0 Å². The Bertz CT molecular complexity index is 1050. The summed E-state index contributed by atoms with van der Waals surface area (Å²) in [6.45, 7) is 6.93. The van der Waals surface area contributed by atoms with E-state index in [1.54, 1.807) is 11.3 Å². The second kappa shape index (κ2) is 11.0. The number of carbonyl (C=O) groups is 1. The quantitative estimate of drug-likeness (QED) is 0.405. The predicted molar refractivity (Wildman–Crippen MR) is 130 cm³/mol. The summed E-state index contributed by atoms with van der Waals surface area (Å²) in [7, 11) is 0. The number of hydrogen-bond donors (Lipinski definition) is 4. The van der Waals surface area contributed by atoms with E-state index < -0.39 is 0 Å². The number of aryl methyl sites for hydroxylation is 1. The molecule has 33 heavy (non-hydrogen) atoms. The maximum absolute atomic E-state index is 13.7. The van der Waals surface area contributed by atoms with Gasteiger partial charge in [0.25, 0.3) is 5.91 Å². The van der Waals surface area contributed by atoms with Crippen molar-refractivity contribution < 1.29 is 24.1 Å². The van der Waals surface area contributed by atoms with Gasteiger partial charge in [-0.1, -0.05) is 25.1 Å². The fraction of sp³-hybridized carbons (Fsp3) is 0.346. The van der Waals surface area contributed by atoms with Crippen LogP contribution in [-0.4, -0.2) is 50.3 Å². The van der Waals surface area contributed by atoms with Crippen molar-refractivity contribution in [3.8, 4) is 0 Å². The van der Waals surface area contributed by atoms with Gasteiger partial charge in [0.1, 0.15) is 49.6 Å². The van der Waals surface area contributed by atoms with Gasteiger partial charge in [0.2, 0.25) is 0 Å². The van der Waals surface area contributed by atoms with E-state index in [4.69, 9.17) is 0 Å². The van der Waals surface area contributed by atoms with Crippen LogP contribution < -0.4 is 15.1 Å². The lowest BCUT2D eigenvalue weighted by atomic mass is 9.97. The first-order chi connectivity index (χ1) is 16.1. The van der Waals surface area contributed by atoms with Gasteiger partial charge in [-0.25, -0.2) is 4.39 Å². The Morgan fingerprint density at radius 3 is 2.42 bits per heavy atom. The van der Waals surface area contributed by atoms with Crippen molar-refractivity contribution in [1.29, 1.82) is 0 Å². The Kier molecular flexibility index (Phi) is 7.88. The van der Waals surface area contributed by atoms with E-state index in [1.165, 1.54) is 26.8 Å². The number of halogens is 1. The van der Waals surface area contributed by atoms with E-state index >= 15 is 0 Å². The minimum atomic E-state index is -0.248. The van der Waals surface area contributed by atoms with Crippen molar-refractivity contribution in [2.45, 2.75) is 19.4 Å². The molecule has 174 valence electrons. The van der Waals surface area contributed by atoms with Gasteiger partial charge in [-0.2, -0.15) is 0 Å². The lowest BCUT2D eigenvalue weighted by Crippen LogP contribution is -3.28. The van der Waals surface area contributed by atoms with Gasteiger partial charge < -0.3 is 20.2 Å². The highest BCUT2D eigenvalue weighted by Crippen LogP contribution is 2.35. The van der Waals surface area contributed by atoms with Crippen LogP contribution in [0, 0.1) is 5.82 Å². The molecule has 2 aromatic carbocycles. The van der Waals surface area contributed by atoms with Gasteiger partial charge in [-0.3, -0.25) is 4.79 Å². The van der Waals surface area contributed by atoms with Gasteiger partial charge in [0.05, 0.1) is 6.61 Å². The number of aliphatic hydroxyl groups excluding tert-OH is 1. The molecule has 0 saturated carbocycles. The molecule has 1 unspecified atom stereocenters. The second-order valence-corrected chi connectivity index (χ2v) is 9.67. The molecule has 0 aliphatic carbocycles. The van der Waals surface area contributed by atoms with Crippen LogP contribution in [-0.2, 0) is 6.42 Å². The molecule has 1 fully saturated rings. The zero-order chi connectivity index (χ0) is 23.2. The molecule has 2 heterocycles. The second-order valence-electron chi connectivity index (χ2n) is 8.54. The van der Waals surface area contributed by atoms with E-state index in [-0.39, 0.29) is 24.4 Å². The molecule has 4 N–H and O–H groups in total. The molecular formula is C26H32FN3O2S+2. The Balaban J connectivity index is 1.68. The summed E-state index contributed by atoms with van der Waals surface area (Å²) in [6.07, 6.45) is 0.888. The summed E-state index contributed by atoms with van der Waals surface area (Å²) in [5.74, 6) is -0.367. The van der Waals surface area contributed by atoms with Gasteiger partial charge >= 0.3 is 0 Å². The summed E-state index contributed by atoms with van der Waals surface area (Å²) in [5, 5.41) is 13.4. The normalized spacial score (nSPS) is 19.2. The van der Waals surface area contributed by atoms with E-state index in [1.807, 2.05) is 42.5 Å². The molecule has 1 atom stereocenters. The molecule has 0 bridgehead atoms. The molecule has 4 rings (SSSR count). The number of thiophene rings is 1. The largest absolute Gasteiger partial charge is 0.391 e. The number of piperazine rings is 1. The SMILES string of the molecule is CCc1cc(C(c2ccc(F)cc2)[NH+]2CC[NH+](CCO)CC2)c(NC(=O)c2ccccc2)s1. The number of quaternary nitrogens is 2. The third kappa shape index (κ3) is 5.68. The maximum Gasteiger partial charge on any atom is 0.256 e. The van der Waals surface area contributed by atoms with Crippen molar-refractivity contribution in [2.75, 3.05) is 44.6 Å². The number of anilines is 1. The molecular weight excluding hydrogens is 437 g/mol. The van der Waals surface area contributed by atoms with Crippen molar-refractivity contribution in [3.05, 3.63) is 88.0 Å². The van der Waals surface area contributed by atoms with Crippen LogP contribution in [0.25, 0.3) is 0 Å². The third-order valence-corrected chi connectivity index (χ3v) is 7.62. The molecule has 1 aromatic heterocycles. The number of amides is 1. The first-order valence-electron chi connectivity index (χ1n) is 11.6. The number of hydrogen-bond acceptors (Lipinski definition) is 3. The van der Waals surface area contributed by atoms with Crippen LogP contribution in [0.5, 0.6) is 0 Å². The molecule has 1 aliphatic rings. The number of nitrogens with one attached hydrogen (secondary N) is 3. The Labute approximate surface area is 198 Å². The van der Waals surface area contributed by atoms with Crippen molar-refractivity contribution in [1.82, 2.24) is 0 Å². The van der Waals surface area contributed by atoms with E-state index in [9.17, 15) is 14.3 Å². The lowest BCUT2D eigenvalue weighted by Gasteiger charge is -2.35. The Morgan fingerprint density at radius 1 is 1.09 bits per heavy atom. The van der Waals surface area contributed by atoms with Crippen molar-refractivity contribution in [2.24, 2.45) is 0 Å². The number of carbonyl (C=O) groups excluding carboxylic acids is 1. The van der Waals surface area contributed by atoms with E-state index in [0.29, 0.717) is 5.56 Å². The van der Waals surface area contributed by atoms with Gasteiger partial charge in [0, 0.05) is 21.6 Å². The van der Waals surface area contributed by atoms with Crippen molar-refractivity contribution in [3.63, 3.8) is 0 Å². The molecule has 1 saturated heterocycles. The fourth-order valence-corrected chi connectivity index (χ4v) is 5.65. The summed E-state index contributed by atoms with van der Waals surface area (Å²) >= 11 is 1.62. The van der Waals surface area contributed by atoms with Crippen LogP contribution in [0.4, 0.5) is 9.39 Å². The fourth-order valence-electron chi connectivity index (χ4n) is 4.62. The molecule has 0 radical (unpaired) electrons. The predicted octanol–water partition coefficient (Wildman–Crippen LogP) is 1.57. The zero-order valence-electron chi connectivity index (χ0n) is 18.9. The van der Waals surface area contributed by atoms with Crippen LogP contribution in [0.15, 0.2) is 60.7 Å². The number of rotatable bonds is 8. The average molecular weight is 470 g/mol. The molecule has 5 nitrogen and oxygen atoms in total. The highest BCUT2D eigenvalue weighted by molar-refractivity contribution is 7.16. The maximum atomic E-state index is 13.7. The zero-order valence-corrected chi connectivity index (χ0v) is 19.8. The topological polar surface area (TPSA) is 58.2 Å². The minimum Gasteiger partial charge on any atom is -0.391 e.